The number of nitrogens with zero attached hydrogens (tertiary/aromatic N) is 1. The van der Waals surface area contributed by atoms with Gasteiger partial charge in [0, 0.05) is 31.6 Å². The third-order valence-electron chi connectivity index (χ3n) is 5.15. The molecule has 1 aliphatic carbocycles. The van der Waals surface area contributed by atoms with Crippen LogP contribution in [-0.2, 0) is 19.4 Å². The summed E-state index contributed by atoms with van der Waals surface area (Å²) < 4.78 is 0. The smallest absolute Gasteiger partial charge is 0.0262 e. The van der Waals surface area contributed by atoms with Gasteiger partial charge in [-0.1, -0.05) is 48.5 Å². The minimum Gasteiger partial charge on any atom is -0.329 e. The molecule has 0 amide bonds. The lowest BCUT2D eigenvalue weighted by Crippen LogP contribution is -2.47. The van der Waals surface area contributed by atoms with E-state index in [4.69, 9.17) is 5.73 Å². The number of nitrogens with two attached hydrogens (primary N) is 1. The Labute approximate surface area is 126 Å². The minimum absolute atomic E-state index is 0.493. The van der Waals surface area contributed by atoms with Gasteiger partial charge in [0.1, 0.15) is 0 Å². The Bertz CT molecular complexity index is 650. The van der Waals surface area contributed by atoms with Gasteiger partial charge in [0.25, 0.3) is 0 Å². The monoisotopic (exact) mass is 278 g/mol. The summed E-state index contributed by atoms with van der Waals surface area (Å²) in [6.07, 6.45) is 2.33. The van der Waals surface area contributed by atoms with Crippen LogP contribution in [0.5, 0.6) is 0 Å². The first-order valence-corrected chi connectivity index (χ1v) is 7.94. The van der Waals surface area contributed by atoms with Crippen LogP contribution in [0.3, 0.4) is 0 Å². The van der Waals surface area contributed by atoms with Crippen LogP contribution >= 0.6 is 0 Å². The molecule has 0 radical (unpaired) electrons. The molecule has 1 heterocycles. The predicted octanol–water partition coefficient (Wildman–Crippen LogP) is 2.71. The van der Waals surface area contributed by atoms with Gasteiger partial charge in [-0.15, -0.1) is 0 Å². The summed E-state index contributed by atoms with van der Waals surface area (Å²) in [7, 11) is 0. The van der Waals surface area contributed by atoms with Gasteiger partial charge in [0.2, 0.25) is 0 Å². The maximum Gasteiger partial charge on any atom is 0.0262 e. The van der Waals surface area contributed by atoms with E-state index < -0.39 is 0 Å². The van der Waals surface area contributed by atoms with Gasteiger partial charge in [0.05, 0.1) is 0 Å². The van der Waals surface area contributed by atoms with Crippen LogP contribution < -0.4 is 5.73 Å². The zero-order valence-corrected chi connectivity index (χ0v) is 12.3. The standard InChI is InChI=1S/C19H22N2/c20-11-18-10-14-5-1-2-7-16(14)12-21(18)13-17-9-15-6-3-4-8-19(15)17/h1-8,17-18H,9-13,20H2. The summed E-state index contributed by atoms with van der Waals surface area (Å²) in [5, 5.41) is 0. The van der Waals surface area contributed by atoms with Crippen molar-refractivity contribution >= 4 is 0 Å². The molecule has 0 fully saturated rings. The number of fused-ring (bicyclic) bond motifs is 2. The average Bonchev–Trinajstić information content (AvgIpc) is 2.51. The van der Waals surface area contributed by atoms with E-state index >= 15 is 0 Å². The van der Waals surface area contributed by atoms with Crippen molar-refractivity contribution in [1.29, 1.82) is 0 Å². The van der Waals surface area contributed by atoms with Gasteiger partial charge in [-0.25, -0.2) is 0 Å². The molecule has 0 spiro atoms. The second-order valence-electron chi connectivity index (χ2n) is 6.39. The van der Waals surface area contributed by atoms with E-state index in [1.807, 2.05) is 0 Å². The van der Waals surface area contributed by atoms with E-state index in [9.17, 15) is 0 Å². The van der Waals surface area contributed by atoms with E-state index in [1.165, 1.54) is 23.1 Å². The summed E-state index contributed by atoms with van der Waals surface area (Å²) in [4.78, 5) is 2.60. The van der Waals surface area contributed by atoms with Gasteiger partial charge >= 0.3 is 0 Å². The Balaban J connectivity index is 1.53. The van der Waals surface area contributed by atoms with Crippen LogP contribution in [0, 0.1) is 0 Å². The summed E-state index contributed by atoms with van der Waals surface area (Å²) in [6.45, 7) is 2.95. The molecule has 2 atom stereocenters. The molecule has 2 aromatic rings. The molecule has 1 aliphatic heterocycles. The third kappa shape index (κ3) is 2.29. The summed E-state index contributed by atoms with van der Waals surface area (Å²) in [6, 6.07) is 18.2. The van der Waals surface area contributed by atoms with Crippen molar-refractivity contribution in [3.8, 4) is 0 Å². The highest BCUT2D eigenvalue weighted by Gasteiger charge is 2.31. The molecule has 2 nitrogen and oxygen atoms in total. The van der Waals surface area contributed by atoms with Crippen LogP contribution in [0.4, 0.5) is 0 Å². The van der Waals surface area contributed by atoms with Gasteiger partial charge in [-0.05, 0) is 35.1 Å². The molecule has 0 aromatic heterocycles. The SMILES string of the molecule is NCC1Cc2ccccc2CN1CC1Cc2ccccc21. The van der Waals surface area contributed by atoms with E-state index in [1.54, 1.807) is 5.56 Å². The molecule has 0 bridgehead atoms. The molecule has 4 rings (SSSR count). The van der Waals surface area contributed by atoms with Crippen molar-refractivity contribution < 1.29 is 0 Å². The first-order chi connectivity index (χ1) is 10.3. The Morgan fingerprint density at radius 1 is 0.905 bits per heavy atom. The highest BCUT2D eigenvalue weighted by molar-refractivity contribution is 5.40. The van der Waals surface area contributed by atoms with Gasteiger partial charge in [0.15, 0.2) is 0 Å². The fourth-order valence-electron chi connectivity index (χ4n) is 3.90. The molecule has 0 saturated heterocycles. The molecule has 2 aliphatic rings. The Kier molecular flexibility index (Phi) is 3.28. The van der Waals surface area contributed by atoms with Crippen LogP contribution in [0.15, 0.2) is 48.5 Å². The first kappa shape index (κ1) is 13.1. The van der Waals surface area contributed by atoms with Crippen molar-refractivity contribution in [1.82, 2.24) is 4.90 Å². The molecular formula is C19H22N2. The summed E-state index contributed by atoms with van der Waals surface area (Å²) >= 11 is 0. The predicted molar refractivity (Wildman–Crippen MR) is 86.3 cm³/mol. The second-order valence-corrected chi connectivity index (χ2v) is 6.39. The fourth-order valence-corrected chi connectivity index (χ4v) is 3.90. The molecule has 2 N–H and O–H groups in total. The van der Waals surface area contributed by atoms with E-state index in [0.717, 1.165) is 26.1 Å². The fraction of sp³-hybridized carbons (Fsp3) is 0.368. The van der Waals surface area contributed by atoms with Gasteiger partial charge in [-0.2, -0.15) is 0 Å². The van der Waals surface area contributed by atoms with E-state index in [0.29, 0.717) is 12.0 Å². The van der Waals surface area contributed by atoms with Crippen LogP contribution in [0.25, 0.3) is 0 Å². The Morgan fingerprint density at radius 2 is 1.62 bits per heavy atom. The topological polar surface area (TPSA) is 29.3 Å². The molecule has 2 unspecified atom stereocenters. The van der Waals surface area contributed by atoms with Crippen molar-refractivity contribution in [2.24, 2.45) is 5.73 Å². The zero-order chi connectivity index (χ0) is 14.2. The molecular weight excluding hydrogens is 256 g/mol. The minimum atomic E-state index is 0.493. The molecule has 2 aromatic carbocycles. The van der Waals surface area contributed by atoms with Crippen molar-refractivity contribution in [2.75, 3.05) is 13.1 Å². The molecule has 2 heteroatoms. The van der Waals surface area contributed by atoms with Crippen LogP contribution in [0.2, 0.25) is 0 Å². The lowest BCUT2D eigenvalue weighted by molar-refractivity contribution is 0.159. The lowest BCUT2D eigenvalue weighted by Gasteiger charge is -2.41. The second kappa shape index (κ2) is 5.28. The van der Waals surface area contributed by atoms with E-state index in [-0.39, 0.29) is 0 Å². The van der Waals surface area contributed by atoms with E-state index in [2.05, 4.69) is 53.4 Å². The Hall–Kier alpha value is -1.64. The summed E-state index contributed by atoms with van der Waals surface area (Å²) in [5.41, 5.74) is 12.1. The largest absolute Gasteiger partial charge is 0.329 e. The zero-order valence-electron chi connectivity index (χ0n) is 12.3. The number of hydrogen-bond donors (Lipinski definition) is 1. The van der Waals surface area contributed by atoms with Crippen LogP contribution in [0.1, 0.15) is 28.2 Å². The first-order valence-electron chi connectivity index (χ1n) is 7.94. The van der Waals surface area contributed by atoms with Crippen LogP contribution in [-0.4, -0.2) is 24.0 Å². The average molecular weight is 278 g/mol. The number of hydrogen-bond acceptors (Lipinski definition) is 2. The highest BCUT2D eigenvalue weighted by atomic mass is 15.2. The van der Waals surface area contributed by atoms with Gasteiger partial charge < -0.3 is 5.73 Å². The number of benzene rings is 2. The molecule has 0 saturated carbocycles. The highest BCUT2D eigenvalue weighted by Crippen LogP contribution is 2.36. The van der Waals surface area contributed by atoms with Gasteiger partial charge in [-0.3, -0.25) is 4.90 Å². The normalized spacial score (nSPS) is 24.0. The number of rotatable bonds is 3. The molecule has 21 heavy (non-hydrogen) atoms. The van der Waals surface area contributed by atoms with Crippen molar-refractivity contribution in [3.63, 3.8) is 0 Å². The van der Waals surface area contributed by atoms with Crippen molar-refractivity contribution in [3.05, 3.63) is 70.8 Å². The third-order valence-corrected chi connectivity index (χ3v) is 5.15. The lowest BCUT2D eigenvalue weighted by atomic mass is 9.77. The maximum atomic E-state index is 6.04. The maximum absolute atomic E-state index is 6.04. The summed E-state index contributed by atoms with van der Waals surface area (Å²) in [5.74, 6) is 0.695. The van der Waals surface area contributed by atoms with Crippen molar-refractivity contribution in [2.45, 2.75) is 31.3 Å². The quantitative estimate of drug-likeness (QED) is 0.935. The molecule has 108 valence electrons. The Morgan fingerprint density at radius 3 is 2.38 bits per heavy atom.